The Morgan fingerprint density at radius 3 is 2.35 bits per heavy atom. The number of nitrogens with two attached hydrogens (primary N) is 1. The summed E-state index contributed by atoms with van der Waals surface area (Å²) >= 11 is 0. The minimum absolute atomic E-state index is 0.0190. The molecule has 4 rings (SSSR count). The number of rotatable bonds is 7. The van der Waals surface area contributed by atoms with Gasteiger partial charge in [0, 0.05) is 17.9 Å². The lowest BCUT2D eigenvalue weighted by Crippen LogP contribution is -2.65. The number of hydrogen-bond acceptors (Lipinski definition) is 8. The van der Waals surface area contributed by atoms with E-state index in [-0.39, 0.29) is 49.0 Å². The van der Waals surface area contributed by atoms with Crippen molar-refractivity contribution in [2.75, 3.05) is 14.1 Å². The summed E-state index contributed by atoms with van der Waals surface area (Å²) in [5, 5.41) is 45.1. The van der Waals surface area contributed by atoms with E-state index < -0.39 is 70.6 Å². The molecule has 12 heteroatoms. The first kappa shape index (κ1) is 29.6. The summed E-state index contributed by atoms with van der Waals surface area (Å²) < 4.78 is 37.7. The summed E-state index contributed by atoms with van der Waals surface area (Å²) in [6.45, 7) is 1.84. The molecule has 1 amide bonds. The van der Waals surface area contributed by atoms with Gasteiger partial charge in [-0.1, -0.05) is 13.0 Å². The SMILES string of the molecule is CCc1cc(CCCCC(F)(F)F)c(O)c2c1C[C@H]1C[C@H]3[C@H](N(C)C)C(=O)C(C(N)=O)=C(O)[C@@]3(O)C(=O)C1=C2O. The van der Waals surface area contributed by atoms with Gasteiger partial charge in [0.1, 0.15) is 22.8 Å². The zero-order valence-corrected chi connectivity index (χ0v) is 22.4. The molecule has 1 saturated carbocycles. The Hall–Kier alpha value is -3.38. The molecule has 0 radical (unpaired) electrons. The van der Waals surface area contributed by atoms with Crippen molar-refractivity contribution in [2.45, 2.75) is 69.7 Å². The number of nitrogens with zero attached hydrogens (tertiary/aromatic N) is 1. The second-order valence-corrected chi connectivity index (χ2v) is 11.0. The summed E-state index contributed by atoms with van der Waals surface area (Å²) in [6, 6.07) is 0.525. The van der Waals surface area contributed by atoms with E-state index in [2.05, 4.69) is 0 Å². The third kappa shape index (κ3) is 4.56. The first-order chi connectivity index (χ1) is 18.6. The maximum absolute atomic E-state index is 13.9. The highest BCUT2D eigenvalue weighted by Gasteiger charge is 2.64. The number of phenolic OH excluding ortho intramolecular Hbond substituents is 1. The lowest BCUT2D eigenvalue weighted by Gasteiger charge is -2.50. The molecule has 6 N–H and O–H groups in total. The van der Waals surface area contributed by atoms with E-state index in [0.717, 1.165) is 5.56 Å². The normalized spacial score (nSPS) is 26.6. The van der Waals surface area contributed by atoms with Crippen LogP contribution in [-0.2, 0) is 33.6 Å². The van der Waals surface area contributed by atoms with Crippen LogP contribution in [0.5, 0.6) is 5.75 Å². The van der Waals surface area contributed by atoms with Gasteiger partial charge in [0.05, 0.1) is 11.6 Å². The van der Waals surface area contributed by atoms with Gasteiger partial charge in [-0.15, -0.1) is 0 Å². The van der Waals surface area contributed by atoms with Crippen molar-refractivity contribution in [3.63, 3.8) is 0 Å². The zero-order chi connectivity index (χ0) is 29.9. The molecule has 0 heterocycles. The van der Waals surface area contributed by atoms with Gasteiger partial charge >= 0.3 is 6.18 Å². The third-order valence-corrected chi connectivity index (χ3v) is 8.43. The number of aliphatic hydroxyl groups excluding tert-OH is 2. The third-order valence-electron chi connectivity index (χ3n) is 8.43. The highest BCUT2D eigenvalue weighted by atomic mass is 19.4. The average Bonchev–Trinajstić information content (AvgIpc) is 2.84. The molecule has 1 fully saturated rings. The van der Waals surface area contributed by atoms with Crippen molar-refractivity contribution in [3.05, 3.63) is 45.2 Å². The van der Waals surface area contributed by atoms with E-state index in [0.29, 0.717) is 17.5 Å². The van der Waals surface area contributed by atoms with Crippen LogP contribution in [-0.4, -0.2) is 74.7 Å². The number of amides is 1. The maximum Gasteiger partial charge on any atom is 0.389 e. The Labute approximate surface area is 228 Å². The van der Waals surface area contributed by atoms with Gasteiger partial charge in [0.2, 0.25) is 5.78 Å². The van der Waals surface area contributed by atoms with Crippen molar-refractivity contribution >= 4 is 23.2 Å². The van der Waals surface area contributed by atoms with Crippen molar-refractivity contribution in [2.24, 2.45) is 17.6 Å². The van der Waals surface area contributed by atoms with Crippen molar-refractivity contribution in [1.82, 2.24) is 4.90 Å². The number of aryl methyl sites for hydroxylation is 2. The quantitative estimate of drug-likeness (QED) is 0.249. The number of unbranched alkanes of at least 4 members (excludes halogenated alkanes) is 1. The molecule has 0 aliphatic heterocycles. The molecule has 3 aliphatic carbocycles. The number of aromatic hydroxyl groups is 1. The summed E-state index contributed by atoms with van der Waals surface area (Å²) in [5.41, 5.74) is 3.01. The van der Waals surface area contributed by atoms with Crippen LogP contribution in [0, 0.1) is 11.8 Å². The number of phenols is 1. The van der Waals surface area contributed by atoms with Gasteiger partial charge in [-0.05, 0) is 75.2 Å². The number of primary amides is 1. The fourth-order valence-electron chi connectivity index (χ4n) is 6.60. The standard InChI is InChI=1S/C28H33F3N2O7/c1-4-12-9-13(7-5-6-8-27(29,30)31)21(34)18-15(12)10-14-11-16-20(33(2)3)23(36)19(26(32)39)25(38)28(16,40)24(37)17(14)22(18)35/h9,14,16,20,34-35,38,40H,4-8,10-11H2,1-3H3,(H2,32,39)/t14-,16-,20-,28-/m0/s1. The molecule has 4 atom stereocenters. The molecule has 3 aliphatic rings. The van der Waals surface area contributed by atoms with Crippen molar-refractivity contribution in [1.29, 1.82) is 0 Å². The van der Waals surface area contributed by atoms with Crippen LogP contribution < -0.4 is 5.73 Å². The smallest absolute Gasteiger partial charge is 0.389 e. The Balaban J connectivity index is 1.84. The lowest BCUT2D eigenvalue weighted by atomic mass is 9.57. The zero-order valence-electron chi connectivity index (χ0n) is 22.4. The number of carbonyl (C=O) groups excluding carboxylic acids is 3. The first-order valence-electron chi connectivity index (χ1n) is 13.1. The van der Waals surface area contributed by atoms with Gasteiger partial charge in [-0.3, -0.25) is 19.3 Å². The molecule has 1 aromatic rings. The predicted octanol–water partition coefficient (Wildman–Crippen LogP) is 2.80. The second-order valence-electron chi connectivity index (χ2n) is 11.0. The Kier molecular flexibility index (Phi) is 7.57. The van der Waals surface area contributed by atoms with Gasteiger partial charge in [-0.25, -0.2) is 0 Å². The topological polar surface area (TPSA) is 161 Å². The Bertz CT molecular complexity index is 1350. The molecular weight excluding hydrogens is 533 g/mol. The molecule has 0 spiro atoms. The summed E-state index contributed by atoms with van der Waals surface area (Å²) in [5.74, 6) is -7.26. The highest BCUT2D eigenvalue weighted by Crippen LogP contribution is 2.53. The predicted molar refractivity (Wildman–Crippen MR) is 137 cm³/mol. The van der Waals surface area contributed by atoms with Crippen LogP contribution >= 0.6 is 0 Å². The molecule has 1 aromatic carbocycles. The summed E-state index contributed by atoms with van der Waals surface area (Å²) in [6.07, 6.45) is -4.56. The number of ketones is 2. The van der Waals surface area contributed by atoms with Gasteiger partial charge in [-0.2, -0.15) is 13.2 Å². The van der Waals surface area contributed by atoms with Gasteiger partial charge < -0.3 is 26.2 Å². The number of carbonyl (C=O) groups is 3. The van der Waals surface area contributed by atoms with Gasteiger partial charge in [0.15, 0.2) is 11.4 Å². The number of hydrogen-bond donors (Lipinski definition) is 5. The fourth-order valence-corrected chi connectivity index (χ4v) is 6.60. The van der Waals surface area contributed by atoms with Crippen LogP contribution in [0.4, 0.5) is 13.2 Å². The molecule has 40 heavy (non-hydrogen) atoms. The number of Topliss-reactive ketones (excluding diaryl/α,β-unsaturated/α-hetero) is 2. The average molecular weight is 567 g/mol. The van der Waals surface area contributed by atoms with E-state index in [4.69, 9.17) is 5.73 Å². The fraction of sp³-hybridized carbons (Fsp3) is 0.536. The van der Waals surface area contributed by atoms with E-state index >= 15 is 0 Å². The minimum Gasteiger partial charge on any atom is -0.508 e. The van der Waals surface area contributed by atoms with Gasteiger partial charge in [0.25, 0.3) is 5.91 Å². The molecule has 9 nitrogen and oxygen atoms in total. The van der Waals surface area contributed by atoms with E-state index in [1.54, 1.807) is 6.07 Å². The molecule has 0 saturated heterocycles. The Morgan fingerprint density at radius 1 is 1.15 bits per heavy atom. The molecule has 218 valence electrons. The number of halogens is 3. The lowest BCUT2D eigenvalue weighted by molar-refractivity contribution is -0.153. The monoisotopic (exact) mass is 566 g/mol. The van der Waals surface area contributed by atoms with E-state index in [9.17, 15) is 48.0 Å². The molecule has 0 aromatic heterocycles. The summed E-state index contributed by atoms with van der Waals surface area (Å²) in [4.78, 5) is 40.6. The van der Waals surface area contributed by atoms with E-state index in [1.165, 1.54) is 19.0 Å². The molecule has 0 unspecified atom stereocenters. The summed E-state index contributed by atoms with van der Waals surface area (Å²) in [7, 11) is 3.05. The van der Waals surface area contributed by atoms with Crippen LogP contribution in [0.2, 0.25) is 0 Å². The van der Waals surface area contributed by atoms with Crippen LogP contribution in [0.25, 0.3) is 5.76 Å². The van der Waals surface area contributed by atoms with E-state index in [1.807, 2.05) is 6.92 Å². The number of aliphatic hydroxyl groups is 3. The van der Waals surface area contributed by atoms with Crippen molar-refractivity contribution < 1.29 is 48.0 Å². The Morgan fingerprint density at radius 2 is 1.80 bits per heavy atom. The first-order valence-corrected chi connectivity index (χ1v) is 13.1. The van der Waals surface area contributed by atoms with Crippen LogP contribution in [0.3, 0.4) is 0 Å². The largest absolute Gasteiger partial charge is 0.508 e. The number of benzene rings is 1. The highest BCUT2D eigenvalue weighted by molar-refractivity contribution is 6.24. The number of alkyl halides is 3. The minimum atomic E-state index is -4.30. The maximum atomic E-state index is 13.9. The van der Waals surface area contributed by atoms with Crippen LogP contribution in [0.15, 0.2) is 23.0 Å². The molecule has 0 bridgehead atoms. The molecular formula is C28H33F3N2O7. The number of likely N-dealkylation sites (N-methyl/N-ethyl adjacent to an activating group) is 1. The van der Waals surface area contributed by atoms with Crippen LogP contribution in [0.1, 0.15) is 54.9 Å². The number of fused-ring (bicyclic) bond motifs is 3. The second kappa shape index (κ2) is 10.2. The van der Waals surface area contributed by atoms with Crippen molar-refractivity contribution in [3.8, 4) is 5.75 Å².